The van der Waals surface area contributed by atoms with Crippen LogP contribution < -0.4 is 9.80 Å². The molecule has 1 aliphatic rings. The molecule has 0 bridgehead atoms. The minimum Gasteiger partial charge on any atom is -0.318 e. The van der Waals surface area contributed by atoms with Crippen molar-refractivity contribution < 1.29 is 13.6 Å². The van der Waals surface area contributed by atoms with Gasteiger partial charge in [-0.3, -0.25) is 4.79 Å². The third-order valence-corrected chi connectivity index (χ3v) is 3.56. The Morgan fingerprint density at radius 1 is 1.27 bits per heavy atom. The van der Waals surface area contributed by atoms with Crippen molar-refractivity contribution in [3.05, 3.63) is 41.8 Å². The van der Waals surface area contributed by atoms with Gasteiger partial charge in [0.2, 0.25) is 5.28 Å². The third-order valence-electron chi connectivity index (χ3n) is 3.38. The number of hydrogen-bond donors (Lipinski definition) is 0. The molecular formula is C14H11ClF2N4O. The molecule has 0 radical (unpaired) electrons. The largest absolute Gasteiger partial charge is 0.342 e. The number of halogens is 3. The lowest BCUT2D eigenvalue weighted by atomic mass is 10.2. The van der Waals surface area contributed by atoms with E-state index in [1.54, 1.807) is 30.3 Å². The number of alkyl halides is 2. The van der Waals surface area contributed by atoms with Crippen LogP contribution >= 0.6 is 11.6 Å². The van der Waals surface area contributed by atoms with Gasteiger partial charge < -0.3 is 9.80 Å². The molecule has 1 aliphatic heterocycles. The number of nitrogens with zero attached hydrogens (tertiary/aromatic N) is 4. The van der Waals surface area contributed by atoms with E-state index in [1.165, 1.54) is 18.1 Å². The van der Waals surface area contributed by atoms with Gasteiger partial charge in [-0.2, -0.15) is 13.8 Å². The summed E-state index contributed by atoms with van der Waals surface area (Å²) in [5, 5.41) is -0.0780. The van der Waals surface area contributed by atoms with Crippen LogP contribution in [0.5, 0.6) is 0 Å². The molecule has 0 spiro atoms. The summed E-state index contributed by atoms with van der Waals surface area (Å²) in [4.78, 5) is 21.9. The number of rotatable bonds is 1. The molecule has 0 N–H and O–H groups in total. The first-order valence-corrected chi connectivity index (χ1v) is 6.79. The lowest BCUT2D eigenvalue weighted by molar-refractivity contribution is -0.140. The molecule has 0 saturated carbocycles. The Bertz CT molecular complexity index is 726. The summed E-state index contributed by atoms with van der Waals surface area (Å²) in [7, 11) is 1.26. The lowest BCUT2D eigenvalue weighted by Crippen LogP contribution is -2.45. The van der Waals surface area contributed by atoms with Crippen molar-refractivity contribution in [1.29, 1.82) is 0 Å². The van der Waals surface area contributed by atoms with Crippen LogP contribution in [0.15, 0.2) is 36.5 Å². The quantitative estimate of drug-likeness (QED) is 0.757. The van der Waals surface area contributed by atoms with Crippen LogP contribution in [-0.2, 0) is 4.79 Å². The molecule has 1 aromatic carbocycles. The van der Waals surface area contributed by atoms with Crippen molar-refractivity contribution in [1.82, 2.24) is 9.97 Å². The third kappa shape index (κ3) is 2.37. The molecule has 2 aromatic rings. The molecular weight excluding hydrogens is 314 g/mol. The van der Waals surface area contributed by atoms with E-state index in [0.29, 0.717) is 5.69 Å². The fraction of sp³-hybridized carbons (Fsp3) is 0.214. The second-order valence-corrected chi connectivity index (χ2v) is 5.18. The summed E-state index contributed by atoms with van der Waals surface area (Å²) in [5.41, 5.74) is 0.664. The Labute approximate surface area is 130 Å². The van der Waals surface area contributed by atoms with Gasteiger partial charge >= 0.3 is 5.92 Å². The van der Waals surface area contributed by atoms with Crippen LogP contribution in [0.25, 0.3) is 0 Å². The van der Waals surface area contributed by atoms with Crippen molar-refractivity contribution in [2.45, 2.75) is 5.92 Å². The molecule has 2 heterocycles. The number of aromatic nitrogens is 2. The summed E-state index contributed by atoms with van der Waals surface area (Å²) in [6.45, 7) is -0.819. The van der Waals surface area contributed by atoms with Crippen LogP contribution in [0.2, 0.25) is 5.28 Å². The monoisotopic (exact) mass is 324 g/mol. The number of carbonyl (C=O) groups is 1. The molecule has 1 aromatic heterocycles. The van der Waals surface area contributed by atoms with Crippen LogP contribution in [0.3, 0.4) is 0 Å². The lowest BCUT2D eigenvalue weighted by Gasteiger charge is -2.24. The van der Waals surface area contributed by atoms with E-state index in [2.05, 4.69) is 9.97 Å². The molecule has 0 fully saturated rings. The molecule has 0 atom stereocenters. The first-order valence-electron chi connectivity index (χ1n) is 6.41. The number of hydrogen-bond acceptors (Lipinski definition) is 4. The SMILES string of the molecule is CN1C(=O)C(F)(F)CN(c2ccccc2)c2nc(Cl)ncc21. The van der Waals surface area contributed by atoms with E-state index in [1.807, 2.05) is 0 Å². The van der Waals surface area contributed by atoms with E-state index in [0.717, 1.165) is 4.90 Å². The van der Waals surface area contributed by atoms with Gasteiger partial charge in [0.15, 0.2) is 5.82 Å². The summed E-state index contributed by atoms with van der Waals surface area (Å²) >= 11 is 5.80. The van der Waals surface area contributed by atoms with E-state index in [9.17, 15) is 13.6 Å². The molecule has 0 aliphatic carbocycles. The topological polar surface area (TPSA) is 49.3 Å². The van der Waals surface area contributed by atoms with Gasteiger partial charge in [-0.1, -0.05) is 18.2 Å². The molecule has 3 rings (SSSR count). The van der Waals surface area contributed by atoms with Gasteiger partial charge in [-0.15, -0.1) is 0 Å². The maximum absolute atomic E-state index is 14.2. The number of para-hydroxylation sites is 1. The molecule has 8 heteroatoms. The Hall–Kier alpha value is -2.28. The number of anilines is 3. The van der Waals surface area contributed by atoms with Crippen LogP contribution in [0.4, 0.5) is 26.0 Å². The zero-order valence-electron chi connectivity index (χ0n) is 11.5. The maximum Gasteiger partial charge on any atom is 0.342 e. The van der Waals surface area contributed by atoms with Gasteiger partial charge in [-0.05, 0) is 23.7 Å². The number of benzene rings is 1. The van der Waals surface area contributed by atoms with Crippen molar-refractivity contribution in [3.63, 3.8) is 0 Å². The molecule has 114 valence electrons. The van der Waals surface area contributed by atoms with Crippen LogP contribution in [-0.4, -0.2) is 35.4 Å². The highest BCUT2D eigenvalue weighted by molar-refractivity contribution is 6.28. The Morgan fingerprint density at radius 2 is 1.95 bits per heavy atom. The maximum atomic E-state index is 14.2. The zero-order valence-corrected chi connectivity index (χ0v) is 12.3. The first-order chi connectivity index (χ1) is 10.4. The molecule has 0 saturated heterocycles. The highest BCUT2D eigenvalue weighted by Crippen LogP contribution is 2.39. The predicted molar refractivity (Wildman–Crippen MR) is 78.8 cm³/mol. The van der Waals surface area contributed by atoms with Crippen molar-refractivity contribution in [2.24, 2.45) is 0 Å². The fourth-order valence-corrected chi connectivity index (χ4v) is 2.43. The average molecular weight is 325 g/mol. The summed E-state index contributed by atoms with van der Waals surface area (Å²) in [6.07, 6.45) is 1.26. The normalized spacial score (nSPS) is 17.2. The van der Waals surface area contributed by atoms with Crippen molar-refractivity contribution >= 4 is 34.7 Å². The van der Waals surface area contributed by atoms with Crippen LogP contribution in [0.1, 0.15) is 0 Å². The van der Waals surface area contributed by atoms with Crippen molar-refractivity contribution in [3.8, 4) is 0 Å². The van der Waals surface area contributed by atoms with E-state index >= 15 is 0 Å². The van der Waals surface area contributed by atoms with Gasteiger partial charge in [0.1, 0.15) is 5.69 Å². The summed E-state index contributed by atoms with van der Waals surface area (Å²) in [6, 6.07) is 8.51. The standard InChI is InChI=1S/C14H11ClF2N4O/c1-20-10-7-18-13(15)19-11(10)21(8-14(16,17)12(20)22)9-5-3-2-4-6-9/h2-7H,8H2,1H3. The first kappa shape index (κ1) is 14.6. The predicted octanol–water partition coefficient (Wildman–Crippen LogP) is 2.88. The van der Waals surface area contributed by atoms with Gasteiger partial charge in [0.05, 0.1) is 12.7 Å². The van der Waals surface area contributed by atoms with Gasteiger partial charge in [0, 0.05) is 12.7 Å². The Kier molecular flexibility index (Phi) is 3.44. The Morgan fingerprint density at radius 3 is 2.64 bits per heavy atom. The minimum atomic E-state index is -3.56. The average Bonchev–Trinajstić information content (AvgIpc) is 2.58. The second-order valence-electron chi connectivity index (χ2n) is 4.84. The van der Waals surface area contributed by atoms with Crippen molar-refractivity contribution in [2.75, 3.05) is 23.4 Å². The highest BCUT2D eigenvalue weighted by Gasteiger charge is 2.47. The van der Waals surface area contributed by atoms with E-state index < -0.39 is 18.4 Å². The smallest absolute Gasteiger partial charge is 0.318 e. The fourth-order valence-electron chi connectivity index (χ4n) is 2.30. The molecule has 5 nitrogen and oxygen atoms in total. The minimum absolute atomic E-state index is 0.0780. The number of fused-ring (bicyclic) bond motifs is 1. The molecule has 22 heavy (non-hydrogen) atoms. The zero-order chi connectivity index (χ0) is 15.9. The number of carbonyl (C=O) groups excluding carboxylic acids is 1. The molecule has 1 amide bonds. The summed E-state index contributed by atoms with van der Waals surface area (Å²) in [5.74, 6) is -4.70. The van der Waals surface area contributed by atoms with Gasteiger partial charge in [-0.25, -0.2) is 4.98 Å². The molecule has 0 unspecified atom stereocenters. The second kappa shape index (κ2) is 5.17. The highest BCUT2D eigenvalue weighted by atomic mass is 35.5. The summed E-state index contributed by atoms with van der Waals surface area (Å²) < 4.78 is 28.4. The van der Waals surface area contributed by atoms with E-state index in [4.69, 9.17) is 11.6 Å². The van der Waals surface area contributed by atoms with Crippen LogP contribution in [0, 0.1) is 0 Å². The van der Waals surface area contributed by atoms with Gasteiger partial charge in [0.25, 0.3) is 5.91 Å². The number of amides is 1. The van der Waals surface area contributed by atoms with E-state index in [-0.39, 0.29) is 16.8 Å². The Balaban J connectivity index is 2.22.